The first kappa shape index (κ1) is 30.2. The van der Waals surface area contributed by atoms with Crippen LogP contribution in [0.25, 0.3) is 0 Å². The molecule has 10 nitrogen and oxygen atoms in total. The molecule has 2 saturated carbocycles. The van der Waals surface area contributed by atoms with Gasteiger partial charge >= 0.3 is 6.09 Å². The number of likely N-dealkylation sites (N-methyl/N-ethyl adjacent to an activating group) is 1. The molecule has 0 aromatic rings. The lowest BCUT2D eigenvalue weighted by Crippen LogP contribution is -2.59. The average molecular weight is 536 g/mol. The molecule has 1 saturated heterocycles. The molecule has 2 aliphatic carbocycles. The highest BCUT2D eigenvalue weighted by Crippen LogP contribution is 2.30. The highest BCUT2D eigenvalue weighted by Gasteiger charge is 2.44. The maximum Gasteiger partial charge on any atom is 0.410 e. The second-order valence-electron chi connectivity index (χ2n) is 12.5. The highest BCUT2D eigenvalue weighted by atomic mass is 16.6. The standard InChI is InChI=1S/C28H49N5O5/c1-18(32(5)27(37)38-28(2,3)4)24(34)31-23(19-12-8-6-9-13-19)26(36)33-17-20(29)16-22(33)25(35)30-21-14-10-7-11-15-21/h18-23H,6-17,29H2,1-5H3,(H,30,35)(H,31,34)/t18-,20?,22?,23?/m0/s1. The van der Waals surface area contributed by atoms with Gasteiger partial charge in [0.2, 0.25) is 17.7 Å². The van der Waals surface area contributed by atoms with Crippen molar-refractivity contribution in [3.63, 3.8) is 0 Å². The Morgan fingerprint density at radius 3 is 2.13 bits per heavy atom. The van der Waals surface area contributed by atoms with E-state index in [4.69, 9.17) is 10.5 Å². The number of rotatable bonds is 7. The first-order valence-corrected chi connectivity index (χ1v) is 14.5. The molecule has 1 heterocycles. The predicted octanol–water partition coefficient (Wildman–Crippen LogP) is 2.68. The molecule has 216 valence electrons. The van der Waals surface area contributed by atoms with Crippen molar-refractivity contribution in [2.45, 2.75) is 134 Å². The molecule has 0 spiro atoms. The molecule has 3 rings (SSSR count). The van der Waals surface area contributed by atoms with Crippen molar-refractivity contribution in [1.29, 1.82) is 0 Å². The lowest BCUT2D eigenvalue weighted by atomic mass is 9.83. The normalized spacial score (nSPS) is 24.8. The Hall–Kier alpha value is -2.36. The fourth-order valence-electron chi connectivity index (χ4n) is 5.87. The van der Waals surface area contributed by atoms with Gasteiger partial charge in [0.05, 0.1) is 0 Å². The summed E-state index contributed by atoms with van der Waals surface area (Å²) in [5, 5.41) is 6.12. The number of carbonyl (C=O) groups excluding carboxylic acids is 4. The number of nitrogens with zero attached hydrogens (tertiary/aromatic N) is 2. The van der Waals surface area contributed by atoms with Gasteiger partial charge in [0.15, 0.2) is 0 Å². The van der Waals surface area contributed by atoms with Crippen LogP contribution in [-0.4, -0.2) is 83.0 Å². The van der Waals surface area contributed by atoms with Gasteiger partial charge in [0.1, 0.15) is 23.7 Å². The summed E-state index contributed by atoms with van der Waals surface area (Å²) >= 11 is 0. The maximum atomic E-state index is 14.0. The van der Waals surface area contributed by atoms with Crippen LogP contribution in [0, 0.1) is 5.92 Å². The average Bonchev–Trinajstić information content (AvgIpc) is 3.27. The molecule has 38 heavy (non-hydrogen) atoms. The van der Waals surface area contributed by atoms with Crippen LogP contribution in [-0.2, 0) is 19.1 Å². The fourth-order valence-corrected chi connectivity index (χ4v) is 5.87. The van der Waals surface area contributed by atoms with Crippen LogP contribution in [0.5, 0.6) is 0 Å². The molecule has 4 N–H and O–H groups in total. The minimum Gasteiger partial charge on any atom is -0.444 e. The maximum absolute atomic E-state index is 14.0. The first-order chi connectivity index (χ1) is 17.9. The number of ether oxygens (including phenoxy) is 1. The summed E-state index contributed by atoms with van der Waals surface area (Å²) in [4.78, 5) is 56.0. The third-order valence-electron chi connectivity index (χ3n) is 8.20. The molecule has 4 atom stereocenters. The number of amides is 4. The Labute approximate surface area is 227 Å². The number of likely N-dealkylation sites (tertiary alicyclic amines) is 1. The van der Waals surface area contributed by atoms with E-state index < -0.39 is 35.7 Å². The largest absolute Gasteiger partial charge is 0.444 e. The molecule has 3 aliphatic rings. The molecular weight excluding hydrogens is 486 g/mol. The van der Waals surface area contributed by atoms with E-state index in [-0.39, 0.29) is 36.4 Å². The van der Waals surface area contributed by atoms with Gasteiger partial charge in [0.25, 0.3) is 0 Å². The van der Waals surface area contributed by atoms with Gasteiger partial charge < -0.3 is 26.0 Å². The van der Waals surface area contributed by atoms with Gasteiger partial charge in [-0.15, -0.1) is 0 Å². The quantitative estimate of drug-likeness (QED) is 0.459. The van der Waals surface area contributed by atoms with E-state index in [1.54, 1.807) is 32.6 Å². The van der Waals surface area contributed by atoms with Crippen LogP contribution in [0.2, 0.25) is 0 Å². The zero-order valence-electron chi connectivity index (χ0n) is 24.0. The van der Waals surface area contributed by atoms with Crippen molar-refractivity contribution < 1.29 is 23.9 Å². The Morgan fingerprint density at radius 1 is 0.974 bits per heavy atom. The fraction of sp³-hybridized carbons (Fsp3) is 0.857. The summed E-state index contributed by atoms with van der Waals surface area (Å²) in [5.41, 5.74) is 5.57. The summed E-state index contributed by atoms with van der Waals surface area (Å²) in [6.45, 7) is 7.20. The van der Waals surface area contributed by atoms with E-state index in [0.717, 1.165) is 57.8 Å². The number of nitrogens with two attached hydrogens (primary N) is 1. The van der Waals surface area contributed by atoms with Crippen LogP contribution < -0.4 is 16.4 Å². The lowest BCUT2D eigenvalue weighted by molar-refractivity contribution is -0.143. The van der Waals surface area contributed by atoms with Crippen molar-refractivity contribution in [1.82, 2.24) is 20.4 Å². The second-order valence-corrected chi connectivity index (χ2v) is 12.5. The molecule has 10 heteroatoms. The van der Waals surface area contributed by atoms with Crippen LogP contribution in [0.4, 0.5) is 4.79 Å². The van der Waals surface area contributed by atoms with Crippen molar-refractivity contribution in [3.8, 4) is 0 Å². The van der Waals surface area contributed by atoms with Gasteiger partial charge in [-0.3, -0.25) is 19.3 Å². The second kappa shape index (κ2) is 13.1. The summed E-state index contributed by atoms with van der Waals surface area (Å²) < 4.78 is 5.41. The van der Waals surface area contributed by atoms with E-state index in [2.05, 4.69) is 10.6 Å². The summed E-state index contributed by atoms with van der Waals surface area (Å²) in [6, 6.07) is -2.39. The van der Waals surface area contributed by atoms with Gasteiger partial charge in [0, 0.05) is 25.7 Å². The third-order valence-corrected chi connectivity index (χ3v) is 8.20. The smallest absolute Gasteiger partial charge is 0.410 e. The molecular formula is C28H49N5O5. The van der Waals surface area contributed by atoms with Crippen molar-refractivity contribution in [2.75, 3.05) is 13.6 Å². The number of nitrogens with one attached hydrogen (secondary N) is 2. The van der Waals surface area contributed by atoms with Crippen LogP contribution >= 0.6 is 0 Å². The van der Waals surface area contributed by atoms with Crippen molar-refractivity contribution in [2.24, 2.45) is 11.7 Å². The topological polar surface area (TPSA) is 134 Å². The lowest BCUT2D eigenvalue weighted by Gasteiger charge is -2.36. The third kappa shape index (κ3) is 8.07. The molecule has 1 aliphatic heterocycles. The molecule has 4 amide bonds. The molecule has 3 fully saturated rings. The Morgan fingerprint density at radius 2 is 1.55 bits per heavy atom. The van der Waals surface area contributed by atoms with E-state index in [9.17, 15) is 19.2 Å². The zero-order valence-corrected chi connectivity index (χ0v) is 24.0. The number of hydrogen-bond acceptors (Lipinski definition) is 6. The molecule has 0 bridgehead atoms. The van der Waals surface area contributed by atoms with Crippen LogP contribution in [0.3, 0.4) is 0 Å². The van der Waals surface area contributed by atoms with Gasteiger partial charge in [-0.2, -0.15) is 0 Å². The van der Waals surface area contributed by atoms with E-state index in [0.29, 0.717) is 6.42 Å². The van der Waals surface area contributed by atoms with Crippen LogP contribution in [0.15, 0.2) is 0 Å². The zero-order chi connectivity index (χ0) is 28.0. The Balaban J connectivity index is 1.74. The SMILES string of the molecule is C[C@@H](C(=O)NC(C(=O)N1CC(N)CC1C(=O)NC1CCCCC1)C1CCCCC1)N(C)C(=O)OC(C)(C)C. The summed E-state index contributed by atoms with van der Waals surface area (Å²) in [5.74, 6) is -0.855. The summed E-state index contributed by atoms with van der Waals surface area (Å²) in [6.07, 6.45) is 9.85. The first-order valence-electron chi connectivity index (χ1n) is 14.5. The molecule has 0 aromatic carbocycles. The minimum atomic E-state index is -0.838. The number of hydrogen-bond donors (Lipinski definition) is 3. The highest BCUT2D eigenvalue weighted by molar-refractivity contribution is 5.94. The molecule has 3 unspecified atom stereocenters. The Kier molecular flexibility index (Phi) is 10.4. The van der Waals surface area contributed by atoms with E-state index in [1.807, 2.05) is 0 Å². The van der Waals surface area contributed by atoms with E-state index in [1.165, 1.54) is 18.4 Å². The van der Waals surface area contributed by atoms with Crippen LogP contribution in [0.1, 0.15) is 98.3 Å². The predicted molar refractivity (Wildman–Crippen MR) is 145 cm³/mol. The minimum absolute atomic E-state index is 0.0295. The van der Waals surface area contributed by atoms with E-state index >= 15 is 0 Å². The molecule has 0 radical (unpaired) electrons. The summed E-state index contributed by atoms with van der Waals surface area (Å²) in [7, 11) is 1.51. The van der Waals surface area contributed by atoms with Gasteiger partial charge in [-0.25, -0.2) is 4.79 Å². The number of carbonyl (C=O) groups is 4. The monoisotopic (exact) mass is 535 g/mol. The van der Waals surface area contributed by atoms with Crippen molar-refractivity contribution >= 4 is 23.8 Å². The van der Waals surface area contributed by atoms with Gasteiger partial charge in [-0.05, 0) is 65.7 Å². The Bertz CT molecular complexity index is 847. The van der Waals surface area contributed by atoms with Gasteiger partial charge in [-0.1, -0.05) is 38.5 Å². The molecule has 0 aromatic heterocycles. The van der Waals surface area contributed by atoms with Crippen molar-refractivity contribution in [3.05, 3.63) is 0 Å².